The molecule has 2 aliphatic rings. The van der Waals surface area contributed by atoms with Crippen molar-refractivity contribution < 1.29 is 9.21 Å². The van der Waals surface area contributed by atoms with Gasteiger partial charge in [-0.2, -0.15) is 10.2 Å². The molecular weight excluding hydrogens is 330 g/mol. The maximum atomic E-state index is 12.4. The molecule has 0 bridgehead atoms. The molecule has 2 N–H and O–H groups in total. The third-order valence-electron chi connectivity index (χ3n) is 5.53. The van der Waals surface area contributed by atoms with Crippen LogP contribution in [0.15, 0.2) is 28.8 Å². The van der Waals surface area contributed by atoms with Crippen LogP contribution in [0.2, 0.25) is 0 Å². The Morgan fingerprint density at radius 2 is 2.08 bits per heavy atom. The number of aromatic amines is 1. The quantitative estimate of drug-likeness (QED) is 0.752. The smallest absolute Gasteiger partial charge is 0.226 e. The summed E-state index contributed by atoms with van der Waals surface area (Å²) >= 11 is 0. The molecule has 7 nitrogen and oxygen atoms in total. The largest absolute Gasteiger partial charge is 0.459 e. The summed E-state index contributed by atoms with van der Waals surface area (Å²) in [4.78, 5) is 12.4. The number of fused-ring (bicyclic) bond motifs is 1. The standard InChI is InChI=1S/C19H21N5O2/c1-11-18-13(15-6-7-16(26-15)14-8-9-20-22-14)10-17(25)21-19(18)24(23-11)12-4-2-3-5-12/h6-9,12-13H,2-5,10H2,1H3,(H,20,22)(H,21,25). The zero-order valence-electron chi connectivity index (χ0n) is 14.7. The molecule has 0 spiro atoms. The first-order valence-electron chi connectivity index (χ1n) is 9.19. The highest BCUT2D eigenvalue weighted by Crippen LogP contribution is 2.43. The Bertz CT molecular complexity index is 947. The van der Waals surface area contributed by atoms with E-state index in [1.807, 2.05) is 29.8 Å². The fourth-order valence-corrected chi connectivity index (χ4v) is 4.31. The fraction of sp³-hybridized carbons (Fsp3) is 0.421. The number of hydrogen-bond acceptors (Lipinski definition) is 4. The number of carbonyl (C=O) groups is 1. The summed E-state index contributed by atoms with van der Waals surface area (Å²) in [6.45, 7) is 2.02. The Kier molecular flexibility index (Phi) is 3.48. The molecule has 7 heteroatoms. The minimum absolute atomic E-state index is 0.0149. The van der Waals surface area contributed by atoms with E-state index in [0.29, 0.717) is 12.5 Å². The van der Waals surface area contributed by atoms with Gasteiger partial charge in [0.05, 0.1) is 17.7 Å². The van der Waals surface area contributed by atoms with E-state index in [1.54, 1.807) is 6.20 Å². The second-order valence-electron chi connectivity index (χ2n) is 7.21. The number of aromatic nitrogens is 4. The Morgan fingerprint density at radius 1 is 1.23 bits per heavy atom. The highest BCUT2D eigenvalue weighted by atomic mass is 16.3. The second-order valence-corrected chi connectivity index (χ2v) is 7.21. The van der Waals surface area contributed by atoms with Gasteiger partial charge in [-0.05, 0) is 38.0 Å². The number of rotatable bonds is 3. The normalized spacial score (nSPS) is 20.3. The van der Waals surface area contributed by atoms with Gasteiger partial charge in [0.25, 0.3) is 0 Å². The van der Waals surface area contributed by atoms with Crippen LogP contribution in [-0.2, 0) is 4.79 Å². The van der Waals surface area contributed by atoms with Crippen LogP contribution in [0.3, 0.4) is 0 Å². The molecule has 5 rings (SSSR count). The van der Waals surface area contributed by atoms with Crippen molar-refractivity contribution >= 4 is 11.7 Å². The number of carbonyl (C=O) groups excluding carboxylic acids is 1. The summed E-state index contributed by atoms with van der Waals surface area (Å²) in [5.41, 5.74) is 2.88. The topological polar surface area (TPSA) is 88.7 Å². The molecule has 1 saturated carbocycles. The van der Waals surface area contributed by atoms with E-state index >= 15 is 0 Å². The molecule has 0 radical (unpaired) electrons. The minimum Gasteiger partial charge on any atom is -0.459 e. The van der Waals surface area contributed by atoms with E-state index in [-0.39, 0.29) is 11.8 Å². The third kappa shape index (κ3) is 2.38. The van der Waals surface area contributed by atoms with Crippen LogP contribution in [0, 0.1) is 6.92 Å². The van der Waals surface area contributed by atoms with Crippen LogP contribution < -0.4 is 5.32 Å². The number of amides is 1. The molecule has 1 aliphatic heterocycles. The van der Waals surface area contributed by atoms with Crippen LogP contribution in [0.25, 0.3) is 11.5 Å². The molecule has 3 aromatic rings. The lowest BCUT2D eigenvalue weighted by Crippen LogP contribution is -2.25. The molecule has 4 heterocycles. The second kappa shape index (κ2) is 5.86. The maximum Gasteiger partial charge on any atom is 0.226 e. The summed E-state index contributed by atoms with van der Waals surface area (Å²) in [5, 5.41) is 14.7. The Morgan fingerprint density at radius 3 is 2.85 bits per heavy atom. The van der Waals surface area contributed by atoms with E-state index in [4.69, 9.17) is 9.52 Å². The van der Waals surface area contributed by atoms with Gasteiger partial charge < -0.3 is 9.73 Å². The predicted molar refractivity (Wildman–Crippen MR) is 95.8 cm³/mol. The molecule has 26 heavy (non-hydrogen) atoms. The zero-order chi connectivity index (χ0) is 17.7. The van der Waals surface area contributed by atoms with Crippen LogP contribution in [0.1, 0.15) is 61.1 Å². The van der Waals surface area contributed by atoms with Crippen molar-refractivity contribution in [3.63, 3.8) is 0 Å². The minimum atomic E-state index is -0.106. The van der Waals surface area contributed by atoms with Crippen LogP contribution in [0.4, 0.5) is 5.82 Å². The van der Waals surface area contributed by atoms with Gasteiger partial charge in [0.2, 0.25) is 5.91 Å². The lowest BCUT2D eigenvalue weighted by atomic mass is 9.90. The first kappa shape index (κ1) is 15.4. The summed E-state index contributed by atoms with van der Waals surface area (Å²) in [6.07, 6.45) is 6.76. The number of anilines is 1. The molecule has 1 unspecified atom stereocenters. The summed E-state index contributed by atoms with van der Waals surface area (Å²) in [7, 11) is 0. The molecule has 134 valence electrons. The lowest BCUT2D eigenvalue weighted by molar-refractivity contribution is -0.116. The van der Waals surface area contributed by atoms with E-state index in [2.05, 4.69) is 15.5 Å². The number of nitrogens with one attached hydrogen (secondary N) is 2. The molecule has 3 aromatic heterocycles. The Labute approximate surface area is 150 Å². The van der Waals surface area contributed by atoms with Crippen LogP contribution in [0.5, 0.6) is 0 Å². The van der Waals surface area contributed by atoms with Gasteiger partial charge >= 0.3 is 0 Å². The summed E-state index contributed by atoms with van der Waals surface area (Å²) in [5.74, 6) is 2.28. The van der Waals surface area contributed by atoms with Crippen LogP contribution >= 0.6 is 0 Å². The number of furan rings is 1. The number of aryl methyl sites for hydroxylation is 1. The summed E-state index contributed by atoms with van der Waals surface area (Å²) in [6, 6.07) is 6.13. The predicted octanol–water partition coefficient (Wildman–Crippen LogP) is 3.76. The zero-order valence-corrected chi connectivity index (χ0v) is 14.7. The number of nitrogens with zero attached hydrogens (tertiary/aromatic N) is 3. The molecule has 0 aromatic carbocycles. The fourth-order valence-electron chi connectivity index (χ4n) is 4.31. The van der Waals surface area contributed by atoms with E-state index in [1.165, 1.54) is 12.8 Å². The Balaban J connectivity index is 1.57. The van der Waals surface area contributed by atoms with E-state index in [0.717, 1.165) is 47.1 Å². The van der Waals surface area contributed by atoms with Gasteiger partial charge in [-0.15, -0.1) is 0 Å². The molecular formula is C19H21N5O2. The van der Waals surface area contributed by atoms with Crippen molar-refractivity contribution in [2.45, 2.75) is 51.0 Å². The highest BCUT2D eigenvalue weighted by molar-refractivity contribution is 5.94. The van der Waals surface area contributed by atoms with Gasteiger partial charge in [0, 0.05) is 18.2 Å². The van der Waals surface area contributed by atoms with Gasteiger partial charge in [-0.1, -0.05) is 12.8 Å². The summed E-state index contributed by atoms with van der Waals surface area (Å²) < 4.78 is 8.12. The molecule has 1 aliphatic carbocycles. The van der Waals surface area contributed by atoms with Crippen molar-refractivity contribution in [3.05, 3.63) is 41.4 Å². The van der Waals surface area contributed by atoms with Gasteiger partial charge in [-0.3, -0.25) is 9.89 Å². The SMILES string of the molecule is Cc1nn(C2CCCC2)c2c1C(c1ccc(-c3ccn[nH]3)o1)CC(=O)N2. The number of H-pyrrole nitrogens is 1. The van der Waals surface area contributed by atoms with Crippen molar-refractivity contribution in [3.8, 4) is 11.5 Å². The molecule has 1 atom stereocenters. The van der Waals surface area contributed by atoms with Crippen molar-refractivity contribution in [2.24, 2.45) is 0 Å². The van der Waals surface area contributed by atoms with E-state index in [9.17, 15) is 4.79 Å². The third-order valence-corrected chi connectivity index (χ3v) is 5.53. The van der Waals surface area contributed by atoms with Gasteiger partial charge in [0.1, 0.15) is 17.3 Å². The van der Waals surface area contributed by atoms with Crippen molar-refractivity contribution in [2.75, 3.05) is 5.32 Å². The first-order valence-corrected chi connectivity index (χ1v) is 9.19. The molecule has 1 fully saturated rings. The van der Waals surface area contributed by atoms with E-state index < -0.39 is 0 Å². The Hall–Kier alpha value is -2.83. The maximum absolute atomic E-state index is 12.4. The number of hydrogen-bond donors (Lipinski definition) is 2. The monoisotopic (exact) mass is 351 g/mol. The average molecular weight is 351 g/mol. The van der Waals surface area contributed by atoms with Gasteiger partial charge in [0.15, 0.2) is 5.76 Å². The molecule has 0 saturated heterocycles. The highest BCUT2D eigenvalue weighted by Gasteiger charge is 2.36. The van der Waals surface area contributed by atoms with Gasteiger partial charge in [-0.25, -0.2) is 4.68 Å². The average Bonchev–Trinajstić information content (AvgIpc) is 3.41. The van der Waals surface area contributed by atoms with Crippen molar-refractivity contribution in [1.82, 2.24) is 20.0 Å². The molecule has 1 amide bonds. The van der Waals surface area contributed by atoms with Crippen LogP contribution in [-0.4, -0.2) is 25.9 Å². The first-order chi connectivity index (χ1) is 12.7. The lowest BCUT2D eigenvalue weighted by Gasteiger charge is -2.24. The van der Waals surface area contributed by atoms with Crippen molar-refractivity contribution in [1.29, 1.82) is 0 Å².